The molecule has 0 spiro atoms. The molecule has 1 aromatic rings. The van der Waals surface area contributed by atoms with Crippen molar-refractivity contribution in [3.63, 3.8) is 0 Å². The number of rotatable bonds is 4. The summed E-state index contributed by atoms with van der Waals surface area (Å²) >= 11 is 0. The lowest BCUT2D eigenvalue weighted by molar-refractivity contribution is -0.149. The Labute approximate surface area is 101 Å². The number of benzene rings is 1. The molecule has 17 heavy (non-hydrogen) atoms. The molecule has 4 nitrogen and oxygen atoms in total. The molecule has 0 saturated heterocycles. The first-order valence-electron chi connectivity index (χ1n) is 5.39. The zero-order valence-corrected chi connectivity index (χ0v) is 10.3. The molecule has 1 rings (SSSR count). The maximum Gasteiger partial charge on any atom is 0.331 e. The van der Waals surface area contributed by atoms with Crippen LogP contribution in [-0.4, -0.2) is 24.5 Å². The predicted molar refractivity (Wildman–Crippen MR) is 64.4 cm³/mol. The van der Waals surface area contributed by atoms with E-state index in [1.165, 1.54) is 14.0 Å². The average Bonchev–Trinajstić information content (AvgIpc) is 2.28. The molecule has 0 radical (unpaired) electrons. The topological polar surface area (TPSA) is 55.4 Å². The molecule has 0 bridgehead atoms. The number of amides is 1. The van der Waals surface area contributed by atoms with E-state index in [1.54, 1.807) is 6.92 Å². The van der Waals surface area contributed by atoms with Gasteiger partial charge >= 0.3 is 5.97 Å². The smallest absolute Gasteiger partial charge is 0.331 e. The van der Waals surface area contributed by atoms with Crippen LogP contribution >= 0.6 is 0 Å². The molecule has 92 valence electrons. The minimum atomic E-state index is -1.03. The van der Waals surface area contributed by atoms with Crippen molar-refractivity contribution in [2.24, 2.45) is 0 Å². The van der Waals surface area contributed by atoms with E-state index in [1.807, 2.05) is 30.3 Å². The Morgan fingerprint density at radius 1 is 1.29 bits per heavy atom. The lowest BCUT2D eigenvalue weighted by Gasteiger charge is -2.27. The molecule has 1 N–H and O–H groups in total. The molecular weight excluding hydrogens is 218 g/mol. The van der Waals surface area contributed by atoms with Gasteiger partial charge in [0.1, 0.15) is 5.54 Å². The standard InChI is InChI=1S/C13H17NO3/c1-10(15)14-13(2,12(16)17-3)9-11-7-5-4-6-8-11/h4-8H,9H2,1-3H3,(H,14,15)/t13-/m0/s1. The molecule has 0 aliphatic carbocycles. The maximum atomic E-state index is 11.7. The zero-order valence-electron chi connectivity index (χ0n) is 10.3. The van der Waals surface area contributed by atoms with Gasteiger partial charge in [-0.3, -0.25) is 4.79 Å². The summed E-state index contributed by atoms with van der Waals surface area (Å²) in [4.78, 5) is 22.9. The van der Waals surface area contributed by atoms with E-state index in [0.29, 0.717) is 6.42 Å². The summed E-state index contributed by atoms with van der Waals surface area (Å²) in [6.45, 7) is 3.04. The van der Waals surface area contributed by atoms with Gasteiger partial charge in [-0.05, 0) is 12.5 Å². The molecule has 1 aromatic carbocycles. The van der Waals surface area contributed by atoms with E-state index < -0.39 is 11.5 Å². The number of ether oxygens (including phenoxy) is 1. The number of hydrogen-bond acceptors (Lipinski definition) is 3. The van der Waals surface area contributed by atoms with Crippen molar-refractivity contribution in [1.82, 2.24) is 5.32 Å². The van der Waals surface area contributed by atoms with Gasteiger partial charge in [-0.25, -0.2) is 4.79 Å². The van der Waals surface area contributed by atoms with Gasteiger partial charge in [0, 0.05) is 13.3 Å². The minimum absolute atomic E-state index is 0.256. The number of carbonyl (C=O) groups excluding carboxylic acids is 2. The monoisotopic (exact) mass is 235 g/mol. The normalized spacial score (nSPS) is 13.6. The Kier molecular flexibility index (Phi) is 4.26. The van der Waals surface area contributed by atoms with Gasteiger partial charge in [-0.2, -0.15) is 0 Å². The number of nitrogens with one attached hydrogen (secondary N) is 1. The number of esters is 1. The van der Waals surface area contributed by atoms with E-state index in [2.05, 4.69) is 5.32 Å². The van der Waals surface area contributed by atoms with Gasteiger partial charge in [0.2, 0.25) is 5.91 Å². The van der Waals surface area contributed by atoms with Crippen LogP contribution in [0.4, 0.5) is 0 Å². The third kappa shape index (κ3) is 3.59. The number of hydrogen-bond donors (Lipinski definition) is 1. The second-order valence-electron chi connectivity index (χ2n) is 4.17. The Morgan fingerprint density at radius 2 is 1.88 bits per heavy atom. The van der Waals surface area contributed by atoms with Gasteiger partial charge in [-0.1, -0.05) is 30.3 Å². The summed E-state index contributed by atoms with van der Waals surface area (Å²) in [5, 5.41) is 2.64. The number of carbonyl (C=O) groups is 2. The average molecular weight is 235 g/mol. The third-order valence-electron chi connectivity index (χ3n) is 2.49. The molecule has 0 heterocycles. The van der Waals surface area contributed by atoms with Crippen LogP contribution < -0.4 is 5.32 Å². The third-order valence-corrected chi connectivity index (χ3v) is 2.49. The van der Waals surface area contributed by atoms with Crippen molar-refractivity contribution in [3.8, 4) is 0 Å². The van der Waals surface area contributed by atoms with E-state index in [0.717, 1.165) is 5.56 Å². The highest BCUT2D eigenvalue weighted by Gasteiger charge is 2.35. The minimum Gasteiger partial charge on any atom is -0.467 e. The number of methoxy groups -OCH3 is 1. The second-order valence-corrected chi connectivity index (χ2v) is 4.17. The summed E-state index contributed by atoms with van der Waals surface area (Å²) in [6.07, 6.45) is 0.403. The summed E-state index contributed by atoms with van der Waals surface area (Å²) in [7, 11) is 1.31. The van der Waals surface area contributed by atoms with Crippen molar-refractivity contribution in [2.45, 2.75) is 25.8 Å². The van der Waals surface area contributed by atoms with E-state index in [9.17, 15) is 9.59 Å². The van der Waals surface area contributed by atoms with Crippen molar-refractivity contribution >= 4 is 11.9 Å². The lowest BCUT2D eigenvalue weighted by atomic mass is 9.92. The van der Waals surface area contributed by atoms with E-state index >= 15 is 0 Å². The first-order valence-corrected chi connectivity index (χ1v) is 5.39. The van der Waals surface area contributed by atoms with E-state index in [4.69, 9.17) is 4.74 Å². The van der Waals surface area contributed by atoms with Crippen LogP contribution in [0.2, 0.25) is 0 Å². The fourth-order valence-corrected chi connectivity index (χ4v) is 1.79. The highest BCUT2D eigenvalue weighted by molar-refractivity contribution is 5.87. The van der Waals surface area contributed by atoms with Gasteiger partial charge in [0.15, 0.2) is 0 Å². The SMILES string of the molecule is COC(=O)[C@](C)(Cc1ccccc1)NC(C)=O. The molecule has 0 saturated carbocycles. The molecule has 0 aromatic heterocycles. The van der Waals surface area contributed by atoms with Crippen molar-refractivity contribution < 1.29 is 14.3 Å². The zero-order chi connectivity index (χ0) is 12.9. The van der Waals surface area contributed by atoms with Crippen LogP contribution in [0.5, 0.6) is 0 Å². The largest absolute Gasteiger partial charge is 0.467 e. The predicted octanol–water partition coefficient (Wildman–Crippen LogP) is 1.30. The van der Waals surface area contributed by atoms with Gasteiger partial charge in [0.25, 0.3) is 0 Å². The molecule has 0 aliphatic heterocycles. The molecule has 0 fully saturated rings. The molecule has 1 amide bonds. The van der Waals surface area contributed by atoms with Gasteiger partial charge in [-0.15, -0.1) is 0 Å². The van der Waals surface area contributed by atoms with Crippen LogP contribution in [0.15, 0.2) is 30.3 Å². The van der Waals surface area contributed by atoms with Gasteiger partial charge < -0.3 is 10.1 Å². The summed E-state index contributed by atoms with van der Waals surface area (Å²) in [5.41, 5.74) is -0.0591. The molecule has 0 aliphatic rings. The maximum absolute atomic E-state index is 11.7. The summed E-state index contributed by atoms with van der Waals surface area (Å²) in [6, 6.07) is 9.49. The highest BCUT2D eigenvalue weighted by atomic mass is 16.5. The quantitative estimate of drug-likeness (QED) is 0.800. The van der Waals surface area contributed by atoms with E-state index in [-0.39, 0.29) is 5.91 Å². The van der Waals surface area contributed by atoms with Gasteiger partial charge in [0.05, 0.1) is 7.11 Å². The van der Waals surface area contributed by atoms with Crippen LogP contribution in [0.3, 0.4) is 0 Å². The van der Waals surface area contributed by atoms with Crippen molar-refractivity contribution in [3.05, 3.63) is 35.9 Å². The fourth-order valence-electron chi connectivity index (χ4n) is 1.79. The molecule has 1 atom stereocenters. The Balaban J connectivity index is 2.91. The first-order chi connectivity index (χ1) is 7.98. The lowest BCUT2D eigenvalue weighted by Crippen LogP contribution is -2.53. The molecule has 4 heteroatoms. The second kappa shape index (κ2) is 5.48. The molecule has 0 unspecified atom stereocenters. The molecular formula is C13H17NO3. The highest BCUT2D eigenvalue weighted by Crippen LogP contribution is 2.15. The van der Waals surface area contributed by atoms with Crippen LogP contribution in [0.25, 0.3) is 0 Å². The first kappa shape index (κ1) is 13.2. The Hall–Kier alpha value is -1.84. The van der Waals surface area contributed by atoms with Crippen molar-refractivity contribution in [2.75, 3.05) is 7.11 Å². The summed E-state index contributed by atoms with van der Waals surface area (Å²) < 4.78 is 4.73. The van der Waals surface area contributed by atoms with Crippen LogP contribution in [0, 0.1) is 0 Å². The Bertz CT molecular complexity index is 402. The van der Waals surface area contributed by atoms with Crippen molar-refractivity contribution in [1.29, 1.82) is 0 Å². The van der Waals surface area contributed by atoms with Crippen LogP contribution in [0.1, 0.15) is 19.4 Å². The summed E-state index contributed by atoms with van der Waals surface area (Å²) in [5.74, 6) is -0.703. The van der Waals surface area contributed by atoms with Crippen LogP contribution in [-0.2, 0) is 20.7 Å². The Morgan fingerprint density at radius 3 is 2.35 bits per heavy atom. The fraction of sp³-hybridized carbons (Fsp3) is 0.385.